The fourth-order valence-corrected chi connectivity index (χ4v) is 2.71. The van der Waals surface area contributed by atoms with Gasteiger partial charge in [-0.15, -0.1) is 0 Å². The van der Waals surface area contributed by atoms with Gasteiger partial charge in [0.2, 0.25) is 0 Å². The second kappa shape index (κ2) is 5.29. The van der Waals surface area contributed by atoms with Crippen molar-refractivity contribution in [3.63, 3.8) is 0 Å². The molecule has 0 aliphatic carbocycles. The summed E-state index contributed by atoms with van der Waals surface area (Å²) < 4.78 is 5.58. The lowest BCUT2D eigenvalue weighted by Crippen LogP contribution is -2.48. The number of hydrogen-bond acceptors (Lipinski definition) is 3. The molecule has 1 unspecified atom stereocenters. The molecule has 1 aromatic carbocycles. The van der Waals surface area contributed by atoms with Gasteiger partial charge < -0.3 is 15.0 Å². The Balaban J connectivity index is 2.42. The Morgan fingerprint density at radius 3 is 2.28 bits per heavy atom. The minimum absolute atomic E-state index is 0.431. The second-order valence-electron chi connectivity index (χ2n) is 5.51. The lowest BCUT2D eigenvalue weighted by atomic mass is 9.86. The molecular formula is C15H24N2O. The summed E-state index contributed by atoms with van der Waals surface area (Å²) in [7, 11) is 6.06. The third-order valence-electron chi connectivity index (χ3n) is 3.98. The summed E-state index contributed by atoms with van der Waals surface area (Å²) in [6.45, 7) is 6.50. The van der Waals surface area contributed by atoms with Crippen molar-refractivity contribution in [2.24, 2.45) is 5.92 Å². The molecule has 0 aromatic heterocycles. The van der Waals surface area contributed by atoms with Gasteiger partial charge in [0.15, 0.2) is 0 Å². The Labute approximate surface area is 110 Å². The number of aryl methyl sites for hydroxylation is 2. The summed E-state index contributed by atoms with van der Waals surface area (Å²) in [4.78, 5) is 2.30. The monoisotopic (exact) mass is 248 g/mol. The van der Waals surface area contributed by atoms with Gasteiger partial charge in [-0.2, -0.15) is 0 Å². The van der Waals surface area contributed by atoms with Crippen LogP contribution in [0, 0.1) is 19.8 Å². The largest absolute Gasteiger partial charge is 0.496 e. The lowest BCUT2D eigenvalue weighted by Gasteiger charge is -2.39. The Bertz CT molecular complexity index is 425. The van der Waals surface area contributed by atoms with Gasteiger partial charge in [0, 0.05) is 30.6 Å². The topological polar surface area (TPSA) is 24.5 Å². The normalized spacial score (nSPS) is 17.7. The van der Waals surface area contributed by atoms with Gasteiger partial charge in [-0.25, -0.2) is 0 Å². The van der Waals surface area contributed by atoms with Crippen LogP contribution in [0.3, 0.4) is 0 Å². The van der Waals surface area contributed by atoms with Crippen molar-refractivity contribution in [3.8, 4) is 5.75 Å². The Morgan fingerprint density at radius 2 is 1.83 bits per heavy atom. The van der Waals surface area contributed by atoms with Crippen LogP contribution in [0.4, 0.5) is 0 Å². The number of hydrogen-bond donors (Lipinski definition) is 1. The zero-order valence-corrected chi connectivity index (χ0v) is 12.1. The van der Waals surface area contributed by atoms with Crippen LogP contribution in [-0.4, -0.2) is 39.2 Å². The lowest BCUT2D eigenvalue weighted by molar-refractivity contribution is 0.157. The molecule has 3 nitrogen and oxygen atoms in total. The van der Waals surface area contributed by atoms with Gasteiger partial charge in [0.05, 0.1) is 7.11 Å². The maximum absolute atomic E-state index is 5.58. The van der Waals surface area contributed by atoms with E-state index in [0.717, 1.165) is 18.8 Å². The molecule has 1 atom stereocenters. The summed E-state index contributed by atoms with van der Waals surface area (Å²) in [6.07, 6.45) is 0. The second-order valence-corrected chi connectivity index (χ2v) is 5.51. The van der Waals surface area contributed by atoms with E-state index in [1.807, 2.05) is 0 Å². The van der Waals surface area contributed by atoms with Crippen molar-refractivity contribution in [1.29, 1.82) is 0 Å². The number of ether oxygens (including phenoxy) is 1. The van der Waals surface area contributed by atoms with E-state index in [1.165, 1.54) is 16.7 Å². The molecule has 0 saturated carbocycles. The van der Waals surface area contributed by atoms with Gasteiger partial charge in [-0.3, -0.25) is 0 Å². The number of rotatable bonds is 4. The van der Waals surface area contributed by atoms with Crippen LogP contribution in [-0.2, 0) is 0 Å². The standard InChI is InChI=1S/C15H24N2O/c1-10-6-13(14(18-5)7-11(10)2)15(17(3)4)12-8-16-9-12/h6-7,12,15-16H,8-9H2,1-5H3. The van der Waals surface area contributed by atoms with Gasteiger partial charge in [0.25, 0.3) is 0 Å². The van der Waals surface area contributed by atoms with E-state index in [9.17, 15) is 0 Å². The number of nitrogens with one attached hydrogen (secondary N) is 1. The SMILES string of the molecule is COc1cc(C)c(C)cc1C(C1CNC1)N(C)C. The highest BCUT2D eigenvalue weighted by molar-refractivity contribution is 5.44. The molecule has 1 aromatic rings. The van der Waals surface area contributed by atoms with E-state index in [-0.39, 0.29) is 0 Å². The molecule has 0 bridgehead atoms. The molecular weight excluding hydrogens is 224 g/mol. The van der Waals surface area contributed by atoms with E-state index in [2.05, 4.69) is 50.3 Å². The fraction of sp³-hybridized carbons (Fsp3) is 0.600. The Morgan fingerprint density at radius 1 is 1.22 bits per heavy atom. The molecule has 3 heteroatoms. The van der Waals surface area contributed by atoms with Crippen LogP contribution >= 0.6 is 0 Å². The van der Waals surface area contributed by atoms with E-state index >= 15 is 0 Å². The number of nitrogens with zero attached hydrogens (tertiary/aromatic N) is 1. The van der Waals surface area contributed by atoms with Crippen molar-refractivity contribution < 1.29 is 4.74 Å². The Hall–Kier alpha value is -1.06. The summed E-state index contributed by atoms with van der Waals surface area (Å²) in [6, 6.07) is 4.88. The summed E-state index contributed by atoms with van der Waals surface area (Å²) in [5.74, 6) is 1.69. The first-order valence-electron chi connectivity index (χ1n) is 6.57. The molecule has 0 spiro atoms. The zero-order valence-electron chi connectivity index (χ0n) is 12.1. The first kappa shape index (κ1) is 13.4. The van der Waals surface area contributed by atoms with E-state index in [0.29, 0.717) is 12.0 Å². The van der Waals surface area contributed by atoms with E-state index < -0.39 is 0 Å². The van der Waals surface area contributed by atoms with Crippen LogP contribution in [0.5, 0.6) is 5.75 Å². The molecule has 2 rings (SSSR count). The van der Waals surface area contributed by atoms with Crippen LogP contribution in [0.2, 0.25) is 0 Å². The van der Waals surface area contributed by atoms with E-state index in [4.69, 9.17) is 4.74 Å². The molecule has 1 N–H and O–H groups in total. The highest BCUT2D eigenvalue weighted by Gasteiger charge is 2.32. The van der Waals surface area contributed by atoms with Crippen molar-refractivity contribution >= 4 is 0 Å². The summed E-state index contributed by atoms with van der Waals surface area (Å²) in [5.41, 5.74) is 3.95. The minimum Gasteiger partial charge on any atom is -0.496 e. The van der Waals surface area contributed by atoms with Crippen LogP contribution in [0.15, 0.2) is 12.1 Å². The highest BCUT2D eigenvalue weighted by atomic mass is 16.5. The molecule has 1 saturated heterocycles. The van der Waals surface area contributed by atoms with Crippen molar-refractivity contribution in [3.05, 3.63) is 28.8 Å². The maximum atomic E-state index is 5.58. The fourth-order valence-electron chi connectivity index (χ4n) is 2.71. The average molecular weight is 248 g/mol. The van der Waals surface area contributed by atoms with Gasteiger partial charge >= 0.3 is 0 Å². The van der Waals surface area contributed by atoms with Crippen LogP contribution in [0.1, 0.15) is 22.7 Å². The third-order valence-corrected chi connectivity index (χ3v) is 3.98. The molecule has 1 heterocycles. The smallest absolute Gasteiger partial charge is 0.123 e. The number of benzene rings is 1. The molecule has 1 aliphatic rings. The summed E-state index contributed by atoms with van der Waals surface area (Å²) in [5, 5.41) is 3.36. The minimum atomic E-state index is 0.431. The molecule has 1 fully saturated rings. The molecule has 0 radical (unpaired) electrons. The molecule has 1 aliphatic heterocycles. The maximum Gasteiger partial charge on any atom is 0.123 e. The first-order chi connectivity index (χ1) is 8.54. The predicted octanol–water partition coefficient (Wildman–Crippen LogP) is 2.13. The third kappa shape index (κ3) is 2.38. The summed E-state index contributed by atoms with van der Waals surface area (Å²) >= 11 is 0. The van der Waals surface area contributed by atoms with Crippen molar-refractivity contribution in [2.45, 2.75) is 19.9 Å². The predicted molar refractivity (Wildman–Crippen MR) is 75.3 cm³/mol. The van der Waals surface area contributed by atoms with Gasteiger partial charge in [-0.05, 0) is 45.1 Å². The zero-order chi connectivity index (χ0) is 13.3. The molecule has 18 heavy (non-hydrogen) atoms. The van der Waals surface area contributed by atoms with E-state index in [1.54, 1.807) is 7.11 Å². The first-order valence-corrected chi connectivity index (χ1v) is 6.57. The van der Waals surface area contributed by atoms with Crippen LogP contribution in [0.25, 0.3) is 0 Å². The van der Waals surface area contributed by atoms with Crippen LogP contribution < -0.4 is 10.1 Å². The number of methoxy groups -OCH3 is 1. The molecule has 100 valence electrons. The highest BCUT2D eigenvalue weighted by Crippen LogP contribution is 2.36. The Kier molecular flexibility index (Phi) is 3.93. The van der Waals surface area contributed by atoms with Gasteiger partial charge in [-0.1, -0.05) is 6.07 Å². The quantitative estimate of drug-likeness (QED) is 0.883. The molecule has 0 amide bonds. The average Bonchev–Trinajstić information content (AvgIpc) is 2.26. The van der Waals surface area contributed by atoms with Crippen molar-refractivity contribution in [2.75, 3.05) is 34.3 Å². The van der Waals surface area contributed by atoms with Gasteiger partial charge in [0.1, 0.15) is 5.75 Å². The van der Waals surface area contributed by atoms with Crippen molar-refractivity contribution in [1.82, 2.24) is 10.2 Å².